The van der Waals surface area contributed by atoms with Crippen molar-refractivity contribution in [3.05, 3.63) is 30.1 Å². The smallest absolute Gasteiger partial charge is 0.240 e. The van der Waals surface area contributed by atoms with Crippen LogP contribution in [0.5, 0.6) is 0 Å². The van der Waals surface area contributed by atoms with E-state index in [2.05, 4.69) is 10.3 Å². The Hall–Kier alpha value is -1.92. The molecule has 0 spiro atoms. The monoisotopic (exact) mass is 302 g/mol. The third-order valence-corrected chi connectivity index (χ3v) is 4.39. The number of carbonyl (C=O) groups is 1. The number of hydrogen-bond acceptors (Lipinski definition) is 4. The Kier molecular flexibility index (Phi) is 3.88. The summed E-state index contributed by atoms with van der Waals surface area (Å²) in [6, 6.07) is 7.72. The molecule has 2 heterocycles. The molecular weight excluding hydrogens is 280 g/mol. The quantitative estimate of drug-likeness (QED) is 0.894. The number of carbonyl (C=O) groups excluding carboxylic acids is 1. The minimum absolute atomic E-state index is 0.129. The molecule has 6 heteroatoms. The van der Waals surface area contributed by atoms with E-state index in [4.69, 9.17) is 10.5 Å². The van der Waals surface area contributed by atoms with Gasteiger partial charge in [0.15, 0.2) is 0 Å². The van der Waals surface area contributed by atoms with Crippen molar-refractivity contribution in [3.63, 3.8) is 0 Å². The van der Waals surface area contributed by atoms with Crippen molar-refractivity contribution in [3.8, 4) is 0 Å². The summed E-state index contributed by atoms with van der Waals surface area (Å²) in [4.78, 5) is 17.1. The van der Waals surface area contributed by atoms with Gasteiger partial charge in [0.25, 0.3) is 0 Å². The van der Waals surface area contributed by atoms with Crippen LogP contribution in [0, 0.1) is 0 Å². The van der Waals surface area contributed by atoms with Gasteiger partial charge in [-0.25, -0.2) is 4.98 Å². The van der Waals surface area contributed by atoms with E-state index in [1.54, 1.807) is 0 Å². The molecule has 22 heavy (non-hydrogen) atoms. The zero-order valence-electron chi connectivity index (χ0n) is 13.0. The van der Waals surface area contributed by atoms with Crippen LogP contribution in [0.4, 0.5) is 0 Å². The van der Waals surface area contributed by atoms with Gasteiger partial charge in [0.1, 0.15) is 5.82 Å². The van der Waals surface area contributed by atoms with E-state index in [1.165, 1.54) is 0 Å². The average molecular weight is 302 g/mol. The lowest BCUT2D eigenvalue weighted by Gasteiger charge is -2.32. The van der Waals surface area contributed by atoms with E-state index >= 15 is 0 Å². The summed E-state index contributed by atoms with van der Waals surface area (Å²) in [5.41, 5.74) is 7.36. The Morgan fingerprint density at radius 2 is 2.09 bits per heavy atom. The fourth-order valence-corrected chi connectivity index (χ4v) is 2.92. The second-order valence-electron chi connectivity index (χ2n) is 5.98. The first-order valence-corrected chi connectivity index (χ1v) is 7.60. The first-order valence-electron chi connectivity index (χ1n) is 7.60. The summed E-state index contributed by atoms with van der Waals surface area (Å²) in [5.74, 6) is 0.695. The fraction of sp³-hybridized carbons (Fsp3) is 0.500. The molecule has 1 unspecified atom stereocenters. The number of nitrogens with zero attached hydrogens (tertiary/aromatic N) is 2. The summed E-state index contributed by atoms with van der Waals surface area (Å²) in [7, 11) is 1.96. The van der Waals surface area contributed by atoms with Crippen molar-refractivity contribution in [1.82, 2.24) is 14.9 Å². The van der Waals surface area contributed by atoms with Gasteiger partial charge in [-0.3, -0.25) is 4.79 Å². The molecule has 1 fully saturated rings. The predicted molar refractivity (Wildman–Crippen MR) is 84.2 cm³/mol. The molecule has 1 aliphatic heterocycles. The first-order chi connectivity index (χ1) is 10.5. The van der Waals surface area contributed by atoms with Crippen LogP contribution < -0.4 is 11.1 Å². The van der Waals surface area contributed by atoms with Gasteiger partial charge in [-0.15, -0.1) is 0 Å². The topological polar surface area (TPSA) is 82.2 Å². The van der Waals surface area contributed by atoms with Crippen molar-refractivity contribution in [2.45, 2.75) is 31.3 Å². The maximum atomic E-state index is 12.5. The Labute approximate surface area is 129 Å². The molecular formula is C16H22N4O2. The van der Waals surface area contributed by atoms with Crippen molar-refractivity contribution >= 4 is 16.9 Å². The molecule has 118 valence electrons. The normalized spacial score (nSPS) is 19.0. The highest BCUT2D eigenvalue weighted by Gasteiger charge is 2.36. The third kappa shape index (κ3) is 2.60. The maximum Gasteiger partial charge on any atom is 0.240 e. The van der Waals surface area contributed by atoms with E-state index in [0.717, 1.165) is 16.9 Å². The lowest BCUT2D eigenvalue weighted by molar-refractivity contribution is -0.130. The summed E-state index contributed by atoms with van der Waals surface area (Å²) < 4.78 is 7.29. The molecule has 2 aromatic rings. The summed E-state index contributed by atoms with van der Waals surface area (Å²) in [6.45, 7) is 3.00. The predicted octanol–water partition coefficient (Wildman–Crippen LogP) is 1.26. The number of ether oxygens (including phenoxy) is 1. The van der Waals surface area contributed by atoms with Crippen LogP contribution in [-0.4, -0.2) is 34.2 Å². The number of hydrogen-bond donors (Lipinski definition) is 2. The maximum absolute atomic E-state index is 12.5. The second kappa shape index (κ2) is 5.70. The average Bonchev–Trinajstić information content (AvgIpc) is 2.86. The van der Waals surface area contributed by atoms with Gasteiger partial charge in [-0.1, -0.05) is 12.1 Å². The summed E-state index contributed by atoms with van der Waals surface area (Å²) in [6.07, 6.45) is 1.10. The molecule has 1 aliphatic rings. The number of aromatic nitrogens is 2. The number of para-hydroxylation sites is 2. The van der Waals surface area contributed by atoms with Crippen LogP contribution in [-0.2, 0) is 16.6 Å². The van der Waals surface area contributed by atoms with E-state index < -0.39 is 5.54 Å². The van der Waals surface area contributed by atoms with Gasteiger partial charge in [-0.05, 0) is 31.9 Å². The number of aryl methyl sites for hydroxylation is 1. The van der Waals surface area contributed by atoms with Crippen LogP contribution >= 0.6 is 0 Å². The molecule has 0 aliphatic carbocycles. The molecule has 1 aromatic carbocycles. The van der Waals surface area contributed by atoms with Gasteiger partial charge in [0.2, 0.25) is 5.91 Å². The standard InChI is InChI=1S/C16H22N4O2/c1-11(18-15(21)16(17)7-9-22-10-8-16)14-19-12-5-3-4-6-13(12)20(14)2/h3-6,11H,7-10,17H2,1-2H3,(H,18,21). The molecule has 1 atom stereocenters. The number of amides is 1. The Balaban J connectivity index is 1.79. The van der Waals surface area contributed by atoms with Gasteiger partial charge in [-0.2, -0.15) is 0 Å². The number of nitrogens with one attached hydrogen (secondary N) is 1. The minimum atomic E-state index is -0.836. The summed E-state index contributed by atoms with van der Waals surface area (Å²) >= 11 is 0. The van der Waals surface area contributed by atoms with Crippen LogP contribution in [0.15, 0.2) is 24.3 Å². The lowest BCUT2D eigenvalue weighted by atomic mass is 9.90. The van der Waals surface area contributed by atoms with E-state index in [9.17, 15) is 4.79 Å². The van der Waals surface area contributed by atoms with Gasteiger partial charge < -0.3 is 20.4 Å². The summed E-state index contributed by atoms with van der Waals surface area (Å²) in [5, 5.41) is 3.01. The van der Waals surface area contributed by atoms with E-state index in [0.29, 0.717) is 26.1 Å². The van der Waals surface area contributed by atoms with Crippen LogP contribution in [0.1, 0.15) is 31.6 Å². The molecule has 3 N–H and O–H groups in total. The number of imidazole rings is 1. The first kappa shape index (κ1) is 15.0. The molecule has 6 nitrogen and oxygen atoms in total. The Morgan fingerprint density at radius 1 is 1.41 bits per heavy atom. The van der Waals surface area contributed by atoms with Gasteiger partial charge in [0, 0.05) is 20.3 Å². The van der Waals surface area contributed by atoms with E-state index in [1.807, 2.05) is 42.8 Å². The van der Waals surface area contributed by atoms with Crippen LogP contribution in [0.25, 0.3) is 11.0 Å². The number of rotatable bonds is 3. The molecule has 1 amide bonds. The lowest BCUT2D eigenvalue weighted by Crippen LogP contribution is -2.57. The van der Waals surface area contributed by atoms with Crippen molar-refractivity contribution < 1.29 is 9.53 Å². The number of nitrogens with two attached hydrogens (primary N) is 1. The van der Waals surface area contributed by atoms with Crippen LogP contribution in [0.2, 0.25) is 0 Å². The second-order valence-corrected chi connectivity index (χ2v) is 5.98. The highest BCUT2D eigenvalue weighted by molar-refractivity contribution is 5.86. The van der Waals surface area contributed by atoms with Crippen molar-refractivity contribution in [2.75, 3.05) is 13.2 Å². The van der Waals surface area contributed by atoms with Crippen LogP contribution in [0.3, 0.4) is 0 Å². The Bertz CT molecular complexity index is 689. The largest absolute Gasteiger partial charge is 0.381 e. The SMILES string of the molecule is CC(NC(=O)C1(N)CCOCC1)c1nc2ccccc2n1C. The third-order valence-electron chi connectivity index (χ3n) is 4.39. The van der Waals surface area contributed by atoms with Crippen molar-refractivity contribution in [1.29, 1.82) is 0 Å². The molecule has 1 aromatic heterocycles. The number of fused-ring (bicyclic) bond motifs is 1. The molecule has 0 bridgehead atoms. The number of benzene rings is 1. The zero-order chi connectivity index (χ0) is 15.7. The Morgan fingerprint density at radius 3 is 2.77 bits per heavy atom. The molecule has 0 saturated carbocycles. The highest BCUT2D eigenvalue weighted by Crippen LogP contribution is 2.22. The molecule has 0 radical (unpaired) electrons. The van der Waals surface area contributed by atoms with E-state index in [-0.39, 0.29) is 11.9 Å². The zero-order valence-corrected chi connectivity index (χ0v) is 13.0. The molecule has 3 rings (SSSR count). The van der Waals surface area contributed by atoms with Crippen molar-refractivity contribution in [2.24, 2.45) is 12.8 Å². The molecule has 1 saturated heterocycles. The minimum Gasteiger partial charge on any atom is -0.381 e. The fourth-order valence-electron chi connectivity index (χ4n) is 2.92. The highest BCUT2D eigenvalue weighted by atomic mass is 16.5. The van der Waals surface area contributed by atoms with Gasteiger partial charge >= 0.3 is 0 Å². The van der Waals surface area contributed by atoms with Gasteiger partial charge in [0.05, 0.1) is 22.6 Å².